The van der Waals surface area contributed by atoms with Crippen LogP contribution in [0.2, 0.25) is 5.02 Å². The third kappa shape index (κ3) is 4.21. The van der Waals surface area contributed by atoms with Crippen molar-refractivity contribution in [2.45, 2.75) is 12.8 Å². The van der Waals surface area contributed by atoms with E-state index in [9.17, 15) is 14.4 Å². The molecular weight excluding hydrogens is 356 g/mol. The summed E-state index contributed by atoms with van der Waals surface area (Å²) >= 11 is 5.80. The molecule has 6 nitrogen and oxygen atoms in total. The van der Waals surface area contributed by atoms with Gasteiger partial charge >= 0.3 is 0 Å². The number of amides is 3. The predicted octanol–water partition coefficient (Wildman–Crippen LogP) is 2.80. The van der Waals surface area contributed by atoms with E-state index in [0.717, 1.165) is 4.90 Å². The molecule has 134 valence electrons. The van der Waals surface area contributed by atoms with Gasteiger partial charge in [0, 0.05) is 23.4 Å². The van der Waals surface area contributed by atoms with Crippen LogP contribution in [0.3, 0.4) is 0 Å². The highest BCUT2D eigenvalue weighted by Gasteiger charge is 2.30. The molecule has 1 aliphatic heterocycles. The maximum atomic E-state index is 12.1. The van der Waals surface area contributed by atoms with E-state index in [0.29, 0.717) is 35.2 Å². The van der Waals surface area contributed by atoms with Crippen LogP contribution >= 0.6 is 11.6 Å². The number of hydrogen-bond acceptors (Lipinski definition) is 4. The Morgan fingerprint density at radius 2 is 1.62 bits per heavy atom. The van der Waals surface area contributed by atoms with Crippen LogP contribution in [0.1, 0.15) is 23.2 Å². The van der Waals surface area contributed by atoms with E-state index >= 15 is 0 Å². The van der Waals surface area contributed by atoms with Gasteiger partial charge in [0.1, 0.15) is 12.4 Å². The third-order valence-electron chi connectivity index (χ3n) is 3.91. The van der Waals surface area contributed by atoms with Crippen LogP contribution in [0, 0.1) is 0 Å². The van der Waals surface area contributed by atoms with Crippen LogP contribution < -0.4 is 15.0 Å². The van der Waals surface area contributed by atoms with Gasteiger partial charge in [-0.2, -0.15) is 0 Å². The summed E-state index contributed by atoms with van der Waals surface area (Å²) in [5.41, 5.74) is 0.930. The summed E-state index contributed by atoms with van der Waals surface area (Å²) in [7, 11) is 0. The number of rotatable bonds is 6. The number of nitrogens with one attached hydrogen (secondary N) is 1. The van der Waals surface area contributed by atoms with Crippen molar-refractivity contribution in [2.75, 3.05) is 18.1 Å². The van der Waals surface area contributed by atoms with E-state index < -0.39 is 0 Å². The SMILES string of the molecule is O=C(NCCOc1ccc(Cl)cc1)c1ccc(N2C(=O)CCC2=O)cc1. The van der Waals surface area contributed by atoms with Crippen molar-refractivity contribution in [3.63, 3.8) is 0 Å². The van der Waals surface area contributed by atoms with Crippen molar-refractivity contribution >= 4 is 35.0 Å². The number of nitrogens with zero attached hydrogens (tertiary/aromatic N) is 1. The number of ether oxygens (including phenoxy) is 1. The summed E-state index contributed by atoms with van der Waals surface area (Å²) in [4.78, 5) is 36.7. The molecule has 1 heterocycles. The first kappa shape index (κ1) is 17.9. The number of carbonyl (C=O) groups is 3. The Labute approximate surface area is 155 Å². The Hall–Kier alpha value is -2.86. The summed E-state index contributed by atoms with van der Waals surface area (Å²) in [5, 5.41) is 3.38. The van der Waals surface area contributed by atoms with Gasteiger partial charge < -0.3 is 10.1 Å². The fourth-order valence-corrected chi connectivity index (χ4v) is 2.72. The van der Waals surface area contributed by atoms with E-state index in [2.05, 4.69) is 5.32 Å². The Kier molecular flexibility index (Phi) is 5.53. The van der Waals surface area contributed by atoms with Crippen LogP contribution in [0.15, 0.2) is 48.5 Å². The predicted molar refractivity (Wildman–Crippen MR) is 97.4 cm³/mol. The fraction of sp³-hybridized carbons (Fsp3) is 0.211. The van der Waals surface area contributed by atoms with Gasteiger partial charge in [0.15, 0.2) is 0 Å². The molecule has 0 unspecified atom stereocenters. The second kappa shape index (κ2) is 8.01. The quantitative estimate of drug-likeness (QED) is 0.625. The van der Waals surface area contributed by atoms with Crippen molar-refractivity contribution in [2.24, 2.45) is 0 Å². The van der Waals surface area contributed by atoms with Crippen molar-refractivity contribution in [3.05, 3.63) is 59.1 Å². The number of imide groups is 1. The van der Waals surface area contributed by atoms with Crippen molar-refractivity contribution < 1.29 is 19.1 Å². The molecule has 7 heteroatoms. The molecule has 1 N–H and O–H groups in total. The third-order valence-corrected chi connectivity index (χ3v) is 4.16. The van der Waals surface area contributed by atoms with Crippen molar-refractivity contribution in [1.29, 1.82) is 0 Å². The summed E-state index contributed by atoms with van der Waals surface area (Å²) < 4.78 is 5.50. The Morgan fingerprint density at radius 1 is 1.00 bits per heavy atom. The number of anilines is 1. The Bertz CT molecular complexity index is 802. The molecule has 0 spiro atoms. The largest absolute Gasteiger partial charge is 0.492 e. The van der Waals surface area contributed by atoms with Gasteiger partial charge in [-0.05, 0) is 48.5 Å². The monoisotopic (exact) mass is 372 g/mol. The molecule has 0 bridgehead atoms. The number of benzene rings is 2. The second-order valence-corrected chi connectivity index (χ2v) is 6.16. The summed E-state index contributed by atoms with van der Waals surface area (Å²) in [6, 6.07) is 13.3. The molecule has 0 saturated carbocycles. The zero-order valence-electron chi connectivity index (χ0n) is 13.9. The highest BCUT2D eigenvalue weighted by atomic mass is 35.5. The highest BCUT2D eigenvalue weighted by Crippen LogP contribution is 2.22. The summed E-state index contributed by atoms with van der Waals surface area (Å²) in [5.74, 6) is -0.0126. The molecule has 1 fully saturated rings. The minimum Gasteiger partial charge on any atom is -0.492 e. The maximum absolute atomic E-state index is 12.1. The molecule has 3 rings (SSSR count). The van der Waals surface area contributed by atoms with E-state index in [4.69, 9.17) is 16.3 Å². The van der Waals surface area contributed by atoms with Gasteiger partial charge in [0.25, 0.3) is 5.91 Å². The van der Waals surface area contributed by atoms with Crippen LogP contribution in [-0.4, -0.2) is 30.9 Å². The van der Waals surface area contributed by atoms with Crippen LogP contribution in [0.25, 0.3) is 0 Å². The molecule has 3 amide bonds. The molecule has 2 aromatic rings. The molecule has 0 aliphatic carbocycles. The van der Waals surface area contributed by atoms with E-state index in [-0.39, 0.29) is 30.6 Å². The first-order chi connectivity index (χ1) is 12.5. The van der Waals surface area contributed by atoms with Gasteiger partial charge in [0.2, 0.25) is 11.8 Å². The lowest BCUT2D eigenvalue weighted by Crippen LogP contribution is -2.29. The second-order valence-electron chi connectivity index (χ2n) is 5.73. The van der Waals surface area contributed by atoms with Crippen LogP contribution in [0.4, 0.5) is 5.69 Å². The zero-order chi connectivity index (χ0) is 18.5. The molecule has 0 atom stereocenters. The molecular formula is C19H17ClN2O4. The molecule has 1 aliphatic rings. The van der Waals surface area contributed by atoms with Gasteiger partial charge in [-0.1, -0.05) is 11.6 Å². The summed E-state index contributed by atoms with van der Waals surface area (Å²) in [6.45, 7) is 0.661. The lowest BCUT2D eigenvalue weighted by Gasteiger charge is -2.14. The molecule has 0 aromatic heterocycles. The number of halogens is 1. The maximum Gasteiger partial charge on any atom is 0.251 e. The van der Waals surface area contributed by atoms with Gasteiger partial charge in [-0.25, -0.2) is 0 Å². The van der Waals surface area contributed by atoms with Crippen LogP contribution in [0.5, 0.6) is 5.75 Å². The average Bonchev–Trinajstić information content (AvgIpc) is 2.98. The van der Waals surface area contributed by atoms with Gasteiger partial charge in [-0.3, -0.25) is 19.3 Å². The Balaban J connectivity index is 1.49. The lowest BCUT2D eigenvalue weighted by atomic mass is 10.2. The first-order valence-electron chi connectivity index (χ1n) is 8.17. The van der Waals surface area contributed by atoms with E-state index in [1.165, 1.54) is 0 Å². The highest BCUT2D eigenvalue weighted by molar-refractivity contribution is 6.30. The minimum atomic E-state index is -0.254. The standard InChI is InChI=1S/C19H17ClN2O4/c20-14-3-7-16(8-4-14)26-12-11-21-19(25)13-1-5-15(6-2-13)22-17(23)9-10-18(22)24/h1-8H,9-12H2,(H,21,25). The van der Waals surface area contributed by atoms with Crippen LogP contribution in [-0.2, 0) is 9.59 Å². The number of carbonyl (C=O) groups excluding carboxylic acids is 3. The molecule has 26 heavy (non-hydrogen) atoms. The fourth-order valence-electron chi connectivity index (χ4n) is 2.59. The van der Waals surface area contributed by atoms with Crippen molar-refractivity contribution in [1.82, 2.24) is 5.32 Å². The number of hydrogen-bond donors (Lipinski definition) is 1. The first-order valence-corrected chi connectivity index (χ1v) is 8.55. The normalized spacial score (nSPS) is 13.8. The average molecular weight is 373 g/mol. The minimum absolute atomic E-state index is 0.216. The van der Waals surface area contributed by atoms with Crippen molar-refractivity contribution in [3.8, 4) is 5.75 Å². The zero-order valence-corrected chi connectivity index (χ0v) is 14.7. The van der Waals surface area contributed by atoms with E-state index in [1.54, 1.807) is 48.5 Å². The molecule has 0 radical (unpaired) electrons. The van der Waals surface area contributed by atoms with E-state index in [1.807, 2.05) is 0 Å². The molecule has 1 saturated heterocycles. The Morgan fingerprint density at radius 3 is 2.23 bits per heavy atom. The smallest absolute Gasteiger partial charge is 0.251 e. The van der Waals surface area contributed by atoms with Gasteiger partial charge in [0.05, 0.1) is 12.2 Å². The lowest BCUT2D eigenvalue weighted by molar-refractivity contribution is -0.121. The van der Waals surface area contributed by atoms with Gasteiger partial charge in [-0.15, -0.1) is 0 Å². The molecule has 2 aromatic carbocycles. The summed E-state index contributed by atoms with van der Waals surface area (Å²) in [6.07, 6.45) is 0.462. The topological polar surface area (TPSA) is 75.7 Å².